The van der Waals surface area contributed by atoms with Crippen molar-refractivity contribution in [2.75, 3.05) is 16.8 Å². The maximum absolute atomic E-state index is 14.0. The fraction of sp³-hybridized carbons (Fsp3) is 0.294. The van der Waals surface area contributed by atoms with E-state index in [0.717, 1.165) is 28.3 Å². The molecule has 8 rings (SSSR count). The first-order valence-electron chi connectivity index (χ1n) is 15.3. The zero-order valence-electron chi connectivity index (χ0n) is 25.0. The van der Waals surface area contributed by atoms with Gasteiger partial charge in [0.25, 0.3) is 5.91 Å². The van der Waals surface area contributed by atoms with Gasteiger partial charge >= 0.3 is 11.0 Å². The van der Waals surface area contributed by atoms with Crippen molar-refractivity contribution in [1.29, 1.82) is 0 Å². The van der Waals surface area contributed by atoms with Gasteiger partial charge in [0.1, 0.15) is 5.75 Å². The van der Waals surface area contributed by atoms with Crippen molar-refractivity contribution in [3.63, 3.8) is 0 Å². The Bertz CT molecular complexity index is 2090. The first-order valence-corrected chi connectivity index (χ1v) is 17.8. The van der Waals surface area contributed by atoms with Gasteiger partial charge in [0.2, 0.25) is 11.8 Å². The Hall–Kier alpha value is -3.78. The molecule has 7 atom stereocenters. The summed E-state index contributed by atoms with van der Waals surface area (Å²) in [6.45, 7) is -0.517. The van der Waals surface area contributed by atoms with Gasteiger partial charge in [0.05, 0.1) is 28.1 Å². The molecule has 3 heterocycles. The van der Waals surface area contributed by atoms with E-state index in [1.165, 1.54) is 28.8 Å². The standard InChI is InChI=1S/C34H24Cl2F3N3O5S2/c35-15-4-7-18(8-5-15)42-31(44)26-20-12-21(27(26)32(42)45)28-25(20)24(29-30(48-28)41-33(46)49-29)19-11-16(36)6-9-22(19)47-13-23(43)40-17-3-1-2-14(10-17)34(37,38)39/h1-11,20-21,24-28H,12-13H2,(H,40,43)(H,41,46)/t20-,21-,24+,25-,26+,27+,28-/m1/s1. The number of alkyl halides is 3. The van der Waals surface area contributed by atoms with Crippen LogP contribution in [0.4, 0.5) is 24.5 Å². The Morgan fingerprint density at radius 2 is 1.67 bits per heavy atom. The largest absolute Gasteiger partial charge is 0.483 e. The number of aromatic nitrogens is 1. The predicted octanol–water partition coefficient (Wildman–Crippen LogP) is 7.46. The number of carbonyl (C=O) groups excluding carboxylic acids is 3. The second-order valence-electron chi connectivity index (χ2n) is 12.5. The van der Waals surface area contributed by atoms with Gasteiger partial charge < -0.3 is 15.0 Å². The molecule has 2 aliphatic carbocycles. The van der Waals surface area contributed by atoms with Crippen LogP contribution < -0.4 is 19.8 Å². The number of amides is 3. The van der Waals surface area contributed by atoms with Crippen molar-refractivity contribution in [3.8, 4) is 5.75 Å². The van der Waals surface area contributed by atoms with Crippen LogP contribution in [0.2, 0.25) is 10.0 Å². The molecule has 15 heteroatoms. The summed E-state index contributed by atoms with van der Waals surface area (Å²) >= 11 is 15.2. The number of H-pyrrole nitrogens is 1. The molecule has 2 N–H and O–H groups in total. The molecule has 3 fully saturated rings. The molecule has 2 saturated carbocycles. The molecule has 3 amide bonds. The van der Waals surface area contributed by atoms with Crippen LogP contribution in [0.3, 0.4) is 0 Å². The lowest BCUT2D eigenvalue weighted by atomic mass is 9.68. The third-order valence-electron chi connectivity index (χ3n) is 9.95. The number of anilines is 2. The van der Waals surface area contributed by atoms with E-state index in [1.807, 2.05) is 0 Å². The maximum Gasteiger partial charge on any atom is 0.416 e. The number of fused-ring (bicyclic) bond motifs is 9. The molecule has 1 saturated heterocycles. The van der Waals surface area contributed by atoms with Gasteiger partial charge in [0, 0.05) is 37.3 Å². The summed E-state index contributed by atoms with van der Waals surface area (Å²) in [7, 11) is 0. The van der Waals surface area contributed by atoms with Crippen molar-refractivity contribution in [2.45, 2.75) is 28.8 Å². The van der Waals surface area contributed by atoms with Gasteiger partial charge in [0.15, 0.2) is 6.61 Å². The van der Waals surface area contributed by atoms with E-state index in [4.69, 9.17) is 27.9 Å². The first kappa shape index (κ1) is 32.4. The molecule has 4 aliphatic rings. The van der Waals surface area contributed by atoms with Gasteiger partial charge in [-0.2, -0.15) is 13.2 Å². The number of aromatic amines is 1. The minimum atomic E-state index is -4.57. The van der Waals surface area contributed by atoms with Crippen LogP contribution in [0.15, 0.2) is 76.6 Å². The van der Waals surface area contributed by atoms with E-state index in [0.29, 0.717) is 38.5 Å². The minimum Gasteiger partial charge on any atom is -0.483 e. The molecular formula is C34H24Cl2F3N3O5S2. The Morgan fingerprint density at radius 3 is 2.41 bits per heavy atom. The van der Waals surface area contributed by atoms with E-state index in [2.05, 4.69) is 10.3 Å². The predicted molar refractivity (Wildman–Crippen MR) is 179 cm³/mol. The SMILES string of the molecule is O=C(COc1ccc(Cl)cc1[C@@H]1c2sc(=O)[nH]c2S[C@@H]2[C@@H]3C[C@@H]([C@@H]4C(=O)N(c5ccc(Cl)cc5)C(=O)[C@@H]34)[C@H]12)Nc1cccc(C(F)(F)F)c1. The van der Waals surface area contributed by atoms with Gasteiger partial charge in [-0.1, -0.05) is 40.6 Å². The van der Waals surface area contributed by atoms with Crippen LogP contribution in [0.25, 0.3) is 0 Å². The van der Waals surface area contributed by atoms with Crippen LogP contribution in [0.5, 0.6) is 5.75 Å². The van der Waals surface area contributed by atoms with Crippen molar-refractivity contribution >= 4 is 75.4 Å². The lowest BCUT2D eigenvalue weighted by Crippen LogP contribution is -2.42. The topological polar surface area (TPSA) is 109 Å². The average Bonchev–Trinajstić information content (AvgIpc) is 3.79. The molecular weight excluding hydrogens is 722 g/mol. The number of carbonyl (C=O) groups is 3. The van der Waals surface area contributed by atoms with Gasteiger partial charge in [-0.25, -0.2) is 0 Å². The Labute approximate surface area is 294 Å². The van der Waals surface area contributed by atoms with Crippen LogP contribution >= 0.6 is 46.3 Å². The maximum atomic E-state index is 14.0. The van der Waals surface area contributed by atoms with Gasteiger partial charge in [-0.15, -0.1) is 11.8 Å². The quantitative estimate of drug-likeness (QED) is 0.199. The molecule has 8 nitrogen and oxygen atoms in total. The van der Waals surface area contributed by atoms with Crippen molar-refractivity contribution in [1.82, 2.24) is 4.98 Å². The number of ether oxygens (including phenoxy) is 1. The Morgan fingerprint density at radius 1 is 0.959 bits per heavy atom. The molecule has 0 radical (unpaired) electrons. The molecule has 2 aliphatic heterocycles. The highest BCUT2D eigenvalue weighted by Crippen LogP contribution is 2.69. The summed E-state index contributed by atoms with van der Waals surface area (Å²) in [5.74, 6) is -2.83. The number of imide groups is 1. The lowest BCUT2D eigenvalue weighted by Gasteiger charge is -2.43. The number of thioether (sulfide) groups is 1. The smallest absolute Gasteiger partial charge is 0.416 e. The molecule has 4 aromatic rings. The van der Waals surface area contributed by atoms with E-state index < -0.39 is 42.0 Å². The highest BCUT2D eigenvalue weighted by atomic mass is 35.5. The van der Waals surface area contributed by atoms with Crippen molar-refractivity contribution < 1.29 is 32.3 Å². The average molecular weight is 747 g/mol. The molecule has 0 unspecified atom stereocenters. The molecule has 0 spiro atoms. The van der Waals surface area contributed by atoms with E-state index in [-0.39, 0.29) is 45.4 Å². The monoisotopic (exact) mass is 745 g/mol. The van der Waals surface area contributed by atoms with Gasteiger partial charge in [-0.3, -0.25) is 24.1 Å². The third kappa shape index (κ3) is 5.45. The van der Waals surface area contributed by atoms with Crippen LogP contribution in [-0.4, -0.2) is 34.6 Å². The zero-order valence-corrected chi connectivity index (χ0v) is 28.1. The molecule has 2 bridgehead atoms. The van der Waals surface area contributed by atoms with Gasteiger partial charge in [-0.05, 0) is 84.8 Å². The summed E-state index contributed by atoms with van der Waals surface area (Å²) in [4.78, 5) is 58.2. The summed E-state index contributed by atoms with van der Waals surface area (Å²) < 4.78 is 45.6. The fourth-order valence-corrected chi connectivity index (χ4v) is 11.4. The lowest BCUT2D eigenvalue weighted by molar-refractivity contribution is -0.137. The summed E-state index contributed by atoms with van der Waals surface area (Å²) in [5.41, 5.74) is 0.150. The molecule has 252 valence electrons. The number of nitrogens with zero attached hydrogens (tertiary/aromatic N) is 1. The first-order chi connectivity index (χ1) is 23.4. The number of hydrogen-bond acceptors (Lipinski definition) is 7. The second kappa shape index (κ2) is 11.9. The highest BCUT2D eigenvalue weighted by molar-refractivity contribution is 8.00. The zero-order chi connectivity index (χ0) is 34.4. The fourth-order valence-electron chi connectivity index (χ4n) is 8.22. The molecule has 49 heavy (non-hydrogen) atoms. The summed E-state index contributed by atoms with van der Waals surface area (Å²) in [6, 6.07) is 15.8. The minimum absolute atomic E-state index is 0.0337. The summed E-state index contributed by atoms with van der Waals surface area (Å²) in [6.07, 6.45) is -3.91. The molecule has 3 aromatic carbocycles. The summed E-state index contributed by atoms with van der Waals surface area (Å²) in [5, 5.41) is 3.90. The molecule has 1 aromatic heterocycles. The number of nitrogens with one attached hydrogen (secondary N) is 2. The van der Waals surface area contributed by atoms with Crippen LogP contribution in [0, 0.1) is 29.6 Å². The number of benzene rings is 3. The van der Waals surface area contributed by atoms with E-state index in [9.17, 15) is 32.3 Å². The number of hydrogen-bond donors (Lipinski definition) is 2. The number of halogens is 5. The van der Waals surface area contributed by atoms with E-state index >= 15 is 0 Å². The number of rotatable bonds is 6. The second-order valence-corrected chi connectivity index (χ2v) is 15.6. The Kier molecular flexibility index (Phi) is 7.89. The van der Waals surface area contributed by atoms with E-state index in [1.54, 1.807) is 42.5 Å². The third-order valence-corrected chi connectivity index (χ3v) is 13.0. The van der Waals surface area contributed by atoms with Crippen molar-refractivity contribution in [2.24, 2.45) is 29.6 Å². The normalized spacial score (nSPS) is 26.8. The van der Waals surface area contributed by atoms with Crippen LogP contribution in [-0.2, 0) is 20.6 Å². The van der Waals surface area contributed by atoms with Crippen molar-refractivity contribution in [3.05, 3.63) is 102 Å². The Balaban J connectivity index is 1.11. The van der Waals surface area contributed by atoms with Crippen LogP contribution in [0.1, 0.15) is 28.3 Å². The highest BCUT2D eigenvalue weighted by Gasteiger charge is 2.70. The number of thiazole rings is 1.